The molecule has 0 atom stereocenters. The van der Waals surface area contributed by atoms with Gasteiger partial charge in [-0.25, -0.2) is 4.98 Å². The first-order chi connectivity index (χ1) is 9.51. The molecule has 0 aliphatic carbocycles. The number of nitrogens with zero attached hydrogens (tertiary/aromatic N) is 2. The highest BCUT2D eigenvalue weighted by Gasteiger charge is 2.25. The Bertz CT molecular complexity index is 669. The number of aromatic nitrogens is 2. The smallest absolute Gasteiger partial charge is 0.281 e. The summed E-state index contributed by atoms with van der Waals surface area (Å²) < 4.78 is 26.4. The van der Waals surface area contributed by atoms with Gasteiger partial charge >= 0.3 is 0 Å². The monoisotopic (exact) mass is 310 g/mol. The number of benzene rings is 1. The third-order valence-corrected chi connectivity index (χ3v) is 4.60. The van der Waals surface area contributed by atoms with E-state index in [2.05, 4.69) is 9.97 Å². The Balaban J connectivity index is 2.39. The number of aromatic amines is 1. The standard InChI is InChI=1S/C12H14N4O2S2/c13-11(19)6-7-16(10-4-2-1-3-5-10)20(17,18)12-8-14-9-15-12/h1-5,8-9H,6-7H2,(H2,13,19)(H,14,15). The first kappa shape index (κ1) is 14.5. The van der Waals surface area contributed by atoms with E-state index in [1.54, 1.807) is 24.3 Å². The van der Waals surface area contributed by atoms with E-state index >= 15 is 0 Å². The Morgan fingerprint density at radius 2 is 2.05 bits per heavy atom. The minimum atomic E-state index is -3.71. The minimum Gasteiger partial charge on any atom is -0.393 e. The molecule has 0 unspecified atom stereocenters. The number of hydrogen-bond acceptors (Lipinski definition) is 4. The van der Waals surface area contributed by atoms with Crippen molar-refractivity contribution in [3.63, 3.8) is 0 Å². The fraction of sp³-hybridized carbons (Fsp3) is 0.167. The third kappa shape index (κ3) is 3.14. The topological polar surface area (TPSA) is 92.1 Å². The number of nitrogens with two attached hydrogens (primary N) is 1. The minimum absolute atomic E-state index is 0.0318. The van der Waals surface area contributed by atoms with Crippen molar-refractivity contribution >= 4 is 32.9 Å². The fourth-order valence-electron chi connectivity index (χ4n) is 1.70. The second-order valence-corrected chi connectivity index (χ2v) is 6.40. The molecule has 8 heteroatoms. The van der Waals surface area contributed by atoms with E-state index in [9.17, 15) is 8.42 Å². The summed E-state index contributed by atoms with van der Waals surface area (Å²) in [6, 6.07) is 8.79. The van der Waals surface area contributed by atoms with Crippen molar-refractivity contribution in [2.75, 3.05) is 10.8 Å². The van der Waals surface area contributed by atoms with Crippen LogP contribution in [0.3, 0.4) is 0 Å². The van der Waals surface area contributed by atoms with Crippen molar-refractivity contribution in [2.24, 2.45) is 5.73 Å². The number of thiocarbonyl (C=S) groups is 1. The number of nitrogens with one attached hydrogen (secondary N) is 1. The first-order valence-corrected chi connectivity index (χ1v) is 7.71. The molecule has 3 N–H and O–H groups in total. The summed E-state index contributed by atoms with van der Waals surface area (Å²) in [6.07, 6.45) is 2.90. The summed E-state index contributed by atoms with van der Waals surface area (Å²) in [4.78, 5) is 6.63. The zero-order valence-corrected chi connectivity index (χ0v) is 12.2. The van der Waals surface area contributed by atoms with Gasteiger partial charge in [-0.1, -0.05) is 30.4 Å². The largest absolute Gasteiger partial charge is 0.393 e. The molecular formula is C12H14N4O2S2. The molecule has 0 aliphatic heterocycles. The lowest BCUT2D eigenvalue weighted by Gasteiger charge is -2.23. The molecule has 0 amide bonds. The maximum absolute atomic E-state index is 12.6. The number of anilines is 1. The number of sulfonamides is 1. The summed E-state index contributed by atoms with van der Waals surface area (Å²) in [5.74, 6) is 0. The molecule has 20 heavy (non-hydrogen) atoms. The SMILES string of the molecule is NC(=S)CCN(c1ccccc1)S(=O)(=O)c1cnc[nH]1. The lowest BCUT2D eigenvalue weighted by atomic mass is 10.3. The number of imidazole rings is 1. The van der Waals surface area contributed by atoms with Gasteiger partial charge in [0.1, 0.15) is 0 Å². The highest BCUT2D eigenvalue weighted by molar-refractivity contribution is 7.92. The van der Waals surface area contributed by atoms with Gasteiger partial charge in [0.05, 0.1) is 23.2 Å². The van der Waals surface area contributed by atoms with Gasteiger partial charge in [-0.3, -0.25) is 4.31 Å². The van der Waals surface area contributed by atoms with E-state index in [-0.39, 0.29) is 16.6 Å². The lowest BCUT2D eigenvalue weighted by Crippen LogP contribution is -2.34. The van der Waals surface area contributed by atoms with E-state index in [1.807, 2.05) is 6.07 Å². The number of para-hydroxylation sites is 1. The van der Waals surface area contributed by atoms with Crippen LogP contribution in [0.25, 0.3) is 0 Å². The van der Waals surface area contributed by atoms with Gasteiger partial charge in [0, 0.05) is 13.0 Å². The van der Waals surface area contributed by atoms with Crippen molar-refractivity contribution in [2.45, 2.75) is 11.4 Å². The highest BCUT2D eigenvalue weighted by atomic mass is 32.2. The van der Waals surface area contributed by atoms with Crippen molar-refractivity contribution < 1.29 is 8.42 Å². The molecule has 0 spiro atoms. The van der Waals surface area contributed by atoms with Gasteiger partial charge in [-0.05, 0) is 12.1 Å². The van der Waals surface area contributed by atoms with Crippen LogP contribution in [-0.4, -0.2) is 29.9 Å². The van der Waals surface area contributed by atoms with Gasteiger partial charge in [-0.2, -0.15) is 8.42 Å². The number of rotatable bonds is 6. The summed E-state index contributed by atoms with van der Waals surface area (Å²) >= 11 is 4.82. The summed E-state index contributed by atoms with van der Waals surface area (Å²) in [7, 11) is -3.71. The van der Waals surface area contributed by atoms with Crippen LogP contribution >= 0.6 is 12.2 Å². The lowest BCUT2D eigenvalue weighted by molar-refractivity contribution is 0.588. The normalized spacial score (nSPS) is 11.2. The maximum Gasteiger partial charge on any atom is 0.281 e. The van der Waals surface area contributed by atoms with Crippen LogP contribution in [0.4, 0.5) is 5.69 Å². The van der Waals surface area contributed by atoms with Crippen LogP contribution in [0.15, 0.2) is 47.9 Å². The molecule has 1 aromatic heterocycles. The molecule has 1 heterocycles. The summed E-state index contributed by atoms with van der Waals surface area (Å²) in [5, 5.41) is 0.0318. The van der Waals surface area contributed by atoms with Crippen LogP contribution in [0, 0.1) is 0 Å². The van der Waals surface area contributed by atoms with Gasteiger partial charge in [0.15, 0.2) is 5.03 Å². The molecule has 106 valence electrons. The molecule has 0 bridgehead atoms. The number of H-pyrrole nitrogens is 1. The highest BCUT2D eigenvalue weighted by Crippen LogP contribution is 2.22. The molecule has 0 aliphatic rings. The quantitative estimate of drug-likeness (QED) is 0.784. The van der Waals surface area contributed by atoms with Crippen LogP contribution < -0.4 is 10.0 Å². The Labute approximate surface area is 122 Å². The van der Waals surface area contributed by atoms with E-state index in [4.69, 9.17) is 18.0 Å². The van der Waals surface area contributed by atoms with E-state index < -0.39 is 10.0 Å². The molecule has 1 aromatic carbocycles. The molecule has 6 nitrogen and oxygen atoms in total. The molecule has 0 saturated heterocycles. The predicted octanol–water partition coefficient (Wildman–Crippen LogP) is 1.28. The Morgan fingerprint density at radius 1 is 1.35 bits per heavy atom. The van der Waals surface area contributed by atoms with Crippen molar-refractivity contribution in [1.29, 1.82) is 0 Å². The van der Waals surface area contributed by atoms with Gasteiger partial charge < -0.3 is 10.7 Å². The third-order valence-electron chi connectivity index (χ3n) is 2.65. The van der Waals surface area contributed by atoms with E-state index in [0.717, 1.165) is 0 Å². The first-order valence-electron chi connectivity index (χ1n) is 5.86. The van der Waals surface area contributed by atoms with Gasteiger partial charge in [-0.15, -0.1) is 0 Å². The second kappa shape index (κ2) is 6.02. The molecule has 2 rings (SSSR count). The van der Waals surface area contributed by atoms with Crippen molar-refractivity contribution in [3.8, 4) is 0 Å². The van der Waals surface area contributed by atoms with Crippen LogP contribution in [0.5, 0.6) is 0 Å². The average Bonchev–Trinajstić information content (AvgIpc) is 2.94. The molecule has 0 fully saturated rings. The van der Waals surface area contributed by atoms with Crippen molar-refractivity contribution in [1.82, 2.24) is 9.97 Å². The summed E-state index contributed by atoms with van der Waals surface area (Å²) in [6.45, 7) is 0.181. The number of hydrogen-bond donors (Lipinski definition) is 2. The zero-order valence-electron chi connectivity index (χ0n) is 10.6. The molecule has 0 radical (unpaired) electrons. The van der Waals surface area contributed by atoms with Crippen molar-refractivity contribution in [3.05, 3.63) is 42.9 Å². The predicted molar refractivity (Wildman–Crippen MR) is 81.0 cm³/mol. The Hall–Kier alpha value is -1.93. The Kier molecular flexibility index (Phi) is 4.35. The van der Waals surface area contributed by atoms with Crippen LogP contribution in [-0.2, 0) is 10.0 Å². The molecule has 2 aromatic rings. The fourth-order valence-corrected chi connectivity index (χ4v) is 3.15. The molecular weight excluding hydrogens is 296 g/mol. The average molecular weight is 310 g/mol. The van der Waals surface area contributed by atoms with Crippen LogP contribution in [0.2, 0.25) is 0 Å². The Morgan fingerprint density at radius 3 is 2.60 bits per heavy atom. The second-order valence-electron chi connectivity index (χ2n) is 4.04. The zero-order chi connectivity index (χ0) is 14.6. The van der Waals surface area contributed by atoms with E-state index in [1.165, 1.54) is 16.8 Å². The van der Waals surface area contributed by atoms with Gasteiger partial charge in [0.2, 0.25) is 0 Å². The summed E-state index contributed by atoms with van der Waals surface area (Å²) in [5.41, 5.74) is 6.02. The van der Waals surface area contributed by atoms with Gasteiger partial charge in [0.25, 0.3) is 10.0 Å². The molecule has 0 saturated carbocycles. The van der Waals surface area contributed by atoms with Crippen LogP contribution in [0.1, 0.15) is 6.42 Å². The maximum atomic E-state index is 12.6. The van der Waals surface area contributed by atoms with E-state index in [0.29, 0.717) is 12.1 Å².